The molecule has 0 spiro atoms. The molecule has 1 aromatic carbocycles. The third-order valence-electron chi connectivity index (χ3n) is 4.07. The Kier molecular flexibility index (Phi) is 5.53. The molecule has 1 aliphatic heterocycles. The highest BCUT2D eigenvalue weighted by molar-refractivity contribution is 6.33. The van der Waals surface area contributed by atoms with Crippen LogP contribution in [0.25, 0.3) is 0 Å². The second-order valence-corrected chi connectivity index (χ2v) is 5.79. The zero-order valence-corrected chi connectivity index (χ0v) is 12.8. The van der Waals surface area contributed by atoms with Crippen LogP contribution in [0.3, 0.4) is 0 Å². The summed E-state index contributed by atoms with van der Waals surface area (Å²) in [6, 6.07) is 6.90. The summed E-state index contributed by atoms with van der Waals surface area (Å²) in [5, 5.41) is 4.15. The summed E-state index contributed by atoms with van der Waals surface area (Å²) >= 11 is 6.50. The number of halogens is 1. The van der Waals surface area contributed by atoms with Gasteiger partial charge >= 0.3 is 0 Å². The Morgan fingerprint density at radius 2 is 2.16 bits per heavy atom. The van der Waals surface area contributed by atoms with Crippen molar-refractivity contribution in [2.24, 2.45) is 0 Å². The highest BCUT2D eigenvalue weighted by Gasteiger charge is 2.23. The van der Waals surface area contributed by atoms with Crippen LogP contribution < -0.4 is 10.2 Å². The second-order valence-electron chi connectivity index (χ2n) is 5.38. The maximum atomic E-state index is 6.50. The van der Waals surface area contributed by atoms with Crippen LogP contribution in [-0.2, 0) is 6.54 Å². The first-order chi connectivity index (χ1) is 9.27. The molecule has 3 heteroatoms. The minimum Gasteiger partial charge on any atom is -0.367 e. The number of benzene rings is 1. The van der Waals surface area contributed by atoms with Gasteiger partial charge in [0.1, 0.15) is 0 Å². The van der Waals surface area contributed by atoms with E-state index in [0.717, 1.165) is 18.1 Å². The first kappa shape index (κ1) is 14.7. The van der Waals surface area contributed by atoms with Crippen molar-refractivity contribution in [2.75, 3.05) is 18.5 Å². The SMILES string of the molecule is CCC1CCCCCN1c1c(Cl)cccc1CNC. The molecule has 1 N–H and O–H groups in total. The van der Waals surface area contributed by atoms with Gasteiger partial charge in [0, 0.05) is 19.1 Å². The lowest BCUT2D eigenvalue weighted by Crippen LogP contribution is -2.35. The molecule has 0 bridgehead atoms. The summed E-state index contributed by atoms with van der Waals surface area (Å²) in [6.07, 6.45) is 6.46. The number of para-hydroxylation sites is 1. The van der Waals surface area contributed by atoms with E-state index in [-0.39, 0.29) is 0 Å². The van der Waals surface area contributed by atoms with Gasteiger partial charge in [-0.1, -0.05) is 43.5 Å². The predicted octanol–water partition coefficient (Wildman–Crippen LogP) is 4.22. The topological polar surface area (TPSA) is 15.3 Å². The van der Waals surface area contributed by atoms with E-state index < -0.39 is 0 Å². The molecule has 2 nitrogen and oxygen atoms in total. The third-order valence-corrected chi connectivity index (χ3v) is 4.38. The molecular formula is C16H25ClN2. The lowest BCUT2D eigenvalue weighted by molar-refractivity contribution is 0.554. The van der Waals surface area contributed by atoms with Crippen LogP contribution in [0.15, 0.2) is 18.2 Å². The predicted molar refractivity (Wildman–Crippen MR) is 84.1 cm³/mol. The van der Waals surface area contributed by atoms with Gasteiger partial charge in [-0.2, -0.15) is 0 Å². The fourth-order valence-corrected chi connectivity index (χ4v) is 3.41. The molecule has 1 fully saturated rings. The van der Waals surface area contributed by atoms with E-state index >= 15 is 0 Å². The van der Waals surface area contributed by atoms with E-state index in [1.165, 1.54) is 43.4 Å². The molecule has 1 atom stereocenters. The summed E-state index contributed by atoms with van der Waals surface area (Å²) in [5.74, 6) is 0. The summed E-state index contributed by atoms with van der Waals surface area (Å²) in [4.78, 5) is 2.56. The van der Waals surface area contributed by atoms with E-state index in [1.54, 1.807) is 0 Å². The van der Waals surface area contributed by atoms with Gasteiger partial charge in [-0.3, -0.25) is 0 Å². The van der Waals surface area contributed by atoms with E-state index in [0.29, 0.717) is 6.04 Å². The summed E-state index contributed by atoms with van der Waals surface area (Å²) < 4.78 is 0. The van der Waals surface area contributed by atoms with Gasteiger partial charge in [-0.05, 0) is 37.9 Å². The highest BCUT2D eigenvalue weighted by atomic mass is 35.5. The van der Waals surface area contributed by atoms with Crippen LogP contribution in [0.2, 0.25) is 5.02 Å². The van der Waals surface area contributed by atoms with Gasteiger partial charge in [-0.25, -0.2) is 0 Å². The van der Waals surface area contributed by atoms with Crippen LogP contribution in [0.5, 0.6) is 0 Å². The Morgan fingerprint density at radius 1 is 1.32 bits per heavy atom. The quantitative estimate of drug-likeness (QED) is 0.888. The monoisotopic (exact) mass is 280 g/mol. The number of hydrogen-bond donors (Lipinski definition) is 1. The first-order valence-electron chi connectivity index (χ1n) is 7.46. The van der Waals surface area contributed by atoms with Crippen molar-refractivity contribution in [1.82, 2.24) is 5.32 Å². The van der Waals surface area contributed by atoms with Crippen molar-refractivity contribution in [3.63, 3.8) is 0 Å². The molecule has 1 unspecified atom stereocenters. The first-order valence-corrected chi connectivity index (χ1v) is 7.84. The average Bonchev–Trinajstić information content (AvgIpc) is 2.64. The molecule has 1 aliphatic rings. The molecule has 1 heterocycles. The molecule has 0 aliphatic carbocycles. The standard InChI is InChI=1S/C16H25ClN2/c1-3-14-9-5-4-6-11-19(14)16-13(12-18-2)8-7-10-15(16)17/h7-8,10,14,18H,3-6,9,11-12H2,1-2H3. The van der Waals surface area contributed by atoms with Crippen LogP contribution in [0, 0.1) is 0 Å². The Labute approximate surface area is 122 Å². The Morgan fingerprint density at radius 3 is 2.89 bits per heavy atom. The summed E-state index contributed by atoms with van der Waals surface area (Å²) in [6.45, 7) is 4.30. The van der Waals surface area contributed by atoms with Crippen molar-refractivity contribution >= 4 is 17.3 Å². The van der Waals surface area contributed by atoms with Crippen molar-refractivity contribution < 1.29 is 0 Å². The lowest BCUT2D eigenvalue weighted by Gasteiger charge is -2.34. The average molecular weight is 281 g/mol. The van der Waals surface area contributed by atoms with Gasteiger partial charge in [0.15, 0.2) is 0 Å². The fraction of sp³-hybridized carbons (Fsp3) is 0.625. The molecule has 0 aromatic heterocycles. The molecule has 0 saturated carbocycles. The Hall–Kier alpha value is -0.730. The molecular weight excluding hydrogens is 256 g/mol. The highest BCUT2D eigenvalue weighted by Crippen LogP contribution is 2.34. The molecule has 0 radical (unpaired) electrons. The number of anilines is 1. The Balaban J connectivity index is 2.36. The van der Waals surface area contributed by atoms with Crippen LogP contribution in [-0.4, -0.2) is 19.6 Å². The normalized spacial score (nSPS) is 20.4. The van der Waals surface area contributed by atoms with Crippen molar-refractivity contribution in [3.8, 4) is 0 Å². The van der Waals surface area contributed by atoms with E-state index in [1.807, 2.05) is 13.1 Å². The summed E-state index contributed by atoms with van der Waals surface area (Å²) in [7, 11) is 1.99. The number of nitrogens with one attached hydrogen (secondary N) is 1. The van der Waals surface area contributed by atoms with Crippen LogP contribution >= 0.6 is 11.6 Å². The van der Waals surface area contributed by atoms with Crippen molar-refractivity contribution in [3.05, 3.63) is 28.8 Å². The van der Waals surface area contributed by atoms with E-state index in [2.05, 4.69) is 29.3 Å². The van der Waals surface area contributed by atoms with Gasteiger partial charge in [-0.15, -0.1) is 0 Å². The Bertz CT molecular complexity index is 406. The van der Waals surface area contributed by atoms with Crippen molar-refractivity contribution in [2.45, 2.75) is 51.6 Å². The zero-order valence-electron chi connectivity index (χ0n) is 12.1. The molecule has 0 amide bonds. The maximum absolute atomic E-state index is 6.50. The molecule has 2 rings (SSSR count). The van der Waals surface area contributed by atoms with Gasteiger partial charge < -0.3 is 10.2 Å². The molecule has 1 aromatic rings. The summed E-state index contributed by atoms with van der Waals surface area (Å²) in [5.41, 5.74) is 2.57. The maximum Gasteiger partial charge on any atom is 0.0643 e. The molecule has 19 heavy (non-hydrogen) atoms. The second kappa shape index (κ2) is 7.16. The van der Waals surface area contributed by atoms with Gasteiger partial charge in [0.25, 0.3) is 0 Å². The number of nitrogens with zero attached hydrogens (tertiary/aromatic N) is 1. The number of rotatable bonds is 4. The smallest absolute Gasteiger partial charge is 0.0643 e. The van der Waals surface area contributed by atoms with Gasteiger partial charge in [0.05, 0.1) is 10.7 Å². The van der Waals surface area contributed by atoms with Crippen molar-refractivity contribution in [1.29, 1.82) is 0 Å². The van der Waals surface area contributed by atoms with Crippen LogP contribution in [0.1, 0.15) is 44.6 Å². The molecule has 1 saturated heterocycles. The zero-order chi connectivity index (χ0) is 13.7. The largest absolute Gasteiger partial charge is 0.367 e. The van der Waals surface area contributed by atoms with E-state index in [4.69, 9.17) is 11.6 Å². The van der Waals surface area contributed by atoms with E-state index in [9.17, 15) is 0 Å². The van der Waals surface area contributed by atoms with Gasteiger partial charge in [0.2, 0.25) is 0 Å². The minimum atomic E-state index is 0.637. The van der Waals surface area contributed by atoms with Crippen LogP contribution in [0.4, 0.5) is 5.69 Å². The molecule has 106 valence electrons. The fourth-order valence-electron chi connectivity index (χ4n) is 3.11. The third kappa shape index (κ3) is 3.43. The minimum absolute atomic E-state index is 0.637. The number of hydrogen-bond acceptors (Lipinski definition) is 2. The lowest BCUT2D eigenvalue weighted by atomic mass is 10.0.